The maximum absolute atomic E-state index is 11.7. The van der Waals surface area contributed by atoms with E-state index in [1.165, 1.54) is 7.11 Å². The van der Waals surface area contributed by atoms with Crippen molar-refractivity contribution in [2.24, 2.45) is 5.73 Å². The van der Waals surface area contributed by atoms with E-state index in [0.29, 0.717) is 29.7 Å². The van der Waals surface area contributed by atoms with Crippen LogP contribution in [0.3, 0.4) is 0 Å². The van der Waals surface area contributed by atoms with Crippen molar-refractivity contribution in [2.45, 2.75) is 6.92 Å². The average molecular weight is 287 g/mol. The minimum atomic E-state index is -0.458. The number of nitrogens with zero attached hydrogens (tertiary/aromatic N) is 1. The molecule has 0 bridgehead atoms. The van der Waals surface area contributed by atoms with Gasteiger partial charge in [0.1, 0.15) is 12.0 Å². The number of hydrogen-bond donors (Lipinski definition) is 1. The summed E-state index contributed by atoms with van der Waals surface area (Å²) >= 11 is 0. The molecule has 6 nitrogen and oxygen atoms in total. The lowest BCUT2D eigenvalue weighted by atomic mass is 10.1. The third kappa shape index (κ3) is 2.80. The minimum absolute atomic E-state index is 0. The topological polar surface area (TPSA) is 87.6 Å². The van der Waals surface area contributed by atoms with Crippen molar-refractivity contribution in [1.29, 1.82) is 0 Å². The second kappa shape index (κ2) is 6.40. The van der Waals surface area contributed by atoms with Gasteiger partial charge in [-0.2, -0.15) is 0 Å². The molecule has 0 radical (unpaired) electrons. The Balaban J connectivity index is 0.00000180. The zero-order valence-corrected chi connectivity index (χ0v) is 11.5. The van der Waals surface area contributed by atoms with Crippen molar-refractivity contribution < 1.29 is 18.8 Å². The maximum atomic E-state index is 11.7. The molecular formula is C12H15ClN2O4. The molecule has 1 heterocycles. The van der Waals surface area contributed by atoms with Crippen LogP contribution in [0.1, 0.15) is 15.9 Å². The molecule has 2 aromatic rings. The second-order valence-electron chi connectivity index (χ2n) is 3.75. The Morgan fingerprint density at radius 1 is 1.47 bits per heavy atom. The van der Waals surface area contributed by atoms with Crippen LogP contribution in [0.4, 0.5) is 0 Å². The second-order valence-corrected chi connectivity index (χ2v) is 3.75. The first kappa shape index (κ1) is 15.3. The van der Waals surface area contributed by atoms with E-state index in [0.717, 1.165) is 5.56 Å². The smallest absolute Gasteiger partial charge is 0.338 e. The Labute approximate surface area is 116 Å². The average Bonchev–Trinajstić information content (AvgIpc) is 2.81. The number of aromatic nitrogens is 1. The van der Waals surface area contributed by atoms with E-state index < -0.39 is 5.97 Å². The molecule has 0 unspecified atom stereocenters. The van der Waals surface area contributed by atoms with Crippen LogP contribution in [0.15, 0.2) is 16.7 Å². The quantitative estimate of drug-likeness (QED) is 0.861. The van der Waals surface area contributed by atoms with Crippen molar-refractivity contribution in [3.8, 4) is 5.88 Å². The highest BCUT2D eigenvalue weighted by Crippen LogP contribution is 2.31. The van der Waals surface area contributed by atoms with E-state index in [9.17, 15) is 4.79 Å². The highest BCUT2D eigenvalue weighted by Gasteiger charge is 2.20. The van der Waals surface area contributed by atoms with E-state index >= 15 is 0 Å². The van der Waals surface area contributed by atoms with Crippen molar-refractivity contribution in [3.05, 3.63) is 23.3 Å². The van der Waals surface area contributed by atoms with Gasteiger partial charge in [0.15, 0.2) is 5.58 Å². The summed E-state index contributed by atoms with van der Waals surface area (Å²) in [5.74, 6) is -0.194. The molecule has 0 atom stereocenters. The Morgan fingerprint density at radius 2 is 2.21 bits per heavy atom. The normalized spacial score (nSPS) is 10.1. The monoisotopic (exact) mass is 286 g/mol. The van der Waals surface area contributed by atoms with E-state index in [1.807, 2.05) is 6.92 Å². The molecular weight excluding hydrogens is 272 g/mol. The first-order valence-corrected chi connectivity index (χ1v) is 5.49. The number of esters is 1. The highest BCUT2D eigenvalue weighted by molar-refractivity contribution is 6.05. The first-order valence-electron chi connectivity index (χ1n) is 5.49. The number of ether oxygens (including phenoxy) is 2. The van der Waals surface area contributed by atoms with Crippen LogP contribution >= 0.6 is 12.4 Å². The summed E-state index contributed by atoms with van der Waals surface area (Å²) in [6.07, 6.45) is 0. The lowest BCUT2D eigenvalue weighted by molar-refractivity contribution is 0.0602. The molecule has 0 aliphatic heterocycles. The van der Waals surface area contributed by atoms with Crippen molar-refractivity contribution in [2.75, 3.05) is 20.3 Å². The summed E-state index contributed by atoms with van der Waals surface area (Å²) in [5, 5.41) is 4.33. The van der Waals surface area contributed by atoms with E-state index in [4.69, 9.17) is 19.7 Å². The number of aryl methyl sites for hydroxylation is 1. The van der Waals surface area contributed by atoms with E-state index in [1.54, 1.807) is 12.1 Å². The minimum Gasteiger partial charge on any atom is -0.474 e. The Bertz CT molecular complexity index is 582. The van der Waals surface area contributed by atoms with Gasteiger partial charge in [-0.3, -0.25) is 0 Å². The van der Waals surface area contributed by atoms with Crippen molar-refractivity contribution >= 4 is 29.3 Å². The number of halogens is 1. The lowest BCUT2D eigenvalue weighted by Gasteiger charge is -2.04. The molecule has 19 heavy (non-hydrogen) atoms. The van der Waals surface area contributed by atoms with Crippen molar-refractivity contribution in [1.82, 2.24) is 5.16 Å². The van der Waals surface area contributed by atoms with E-state index in [2.05, 4.69) is 5.16 Å². The SMILES string of the molecule is COC(=O)c1ccc(C)c2onc(OCCN)c12.Cl. The molecule has 2 rings (SSSR count). The number of rotatable bonds is 4. The number of hydrogen-bond acceptors (Lipinski definition) is 6. The van der Waals surface area contributed by atoms with Crippen LogP contribution in [-0.2, 0) is 4.74 Å². The number of fused-ring (bicyclic) bond motifs is 1. The van der Waals surface area contributed by atoms with Gasteiger partial charge >= 0.3 is 5.97 Å². The fourth-order valence-electron chi connectivity index (χ4n) is 1.68. The highest BCUT2D eigenvalue weighted by atomic mass is 35.5. The number of nitrogens with two attached hydrogens (primary N) is 1. The predicted octanol–water partition coefficient (Wildman–Crippen LogP) is 1.68. The number of methoxy groups -OCH3 is 1. The molecule has 0 saturated carbocycles. The zero-order chi connectivity index (χ0) is 13.1. The van der Waals surface area contributed by atoms with Gasteiger partial charge in [0.2, 0.25) is 0 Å². The molecule has 1 aromatic carbocycles. The third-order valence-corrected chi connectivity index (χ3v) is 2.55. The van der Waals surface area contributed by atoms with Gasteiger partial charge < -0.3 is 19.7 Å². The summed E-state index contributed by atoms with van der Waals surface area (Å²) in [5.41, 5.74) is 7.12. The summed E-state index contributed by atoms with van der Waals surface area (Å²) in [4.78, 5) is 11.7. The molecule has 0 saturated heterocycles. The molecule has 0 aliphatic rings. The fourth-order valence-corrected chi connectivity index (χ4v) is 1.68. The number of benzene rings is 1. The van der Waals surface area contributed by atoms with Crippen LogP contribution in [-0.4, -0.2) is 31.4 Å². The number of carbonyl (C=O) groups is 1. The van der Waals surface area contributed by atoms with Crippen molar-refractivity contribution in [3.63, 3.8) is 0 Å². The fraction of sp³-hybridized carbons (Fsp3) is 0.333. The van der Waals surface area contributed by atoms with Gasteiger partial charge in [-0.25, -0.2) is 4.79 Å². The summed E-state index contributed by atoms with van der Waals surface area (Å²) in [6, 6.07) is 3.43. The Hall–Kier alpha value is -1.79. The molecule has 7 heteroatoms. The molecule has 2 N–H and O–H groups in total. The number of carbonyl (C=O) groups excluding carboxylic acids is 1. The molecule has 0 aliphatic carbocycles. The third-order valence-electron chi connectivity index (χ3n) is 2.55. The summed E-state index contributed by atoms with van der Waals surface area (Å²) in [7, 11) is 1.32. The van der Waals surface area contributed by atoms with Crippen LogP contribution in [0.2, 0.25) is 0 Å². The summed E-state index contributed by atoms with van der Waals surface area (Å²) in [6.45, 7) is 2.52. The largest absolute Gasteiger partial charge is 0.474 e. The Kier molecular flexibility index (Phi) is 5.14. The first-order chi connectivity index (χ1) is 8.69. The standard InChI is InChI=1S/C12H14N2O4.ClH/c1-7-3-4-8(12(15)16-2)9-10(7)18-14-11(9)17-6-5-13;/h3-4H,5-6,13H2,1-2H3;1H. The van der Waals surface area contributed by atoms with Gasteiger partial charge in [0.25, 0.3) is 5.88 Å². The zero-order valence-electron chi connectivity index (χ0n) is 10.6. The van der Waals surface area contributed by atoms with Crippen LogP contribution < -0.4 is 10.5 Å². The van der Waals surface area contributed by atoms with Crippen LogP contribution in [0.25, 0.3) is 11.0 Å². The summed E-state index contributed by atoms with van der Waals surface area (Å²) < 4.78 is 15.3. The predicted molar refractivity (Wildman–Crippen MR) is 71.9 cm³/mol. The van der Waals surface area contributed by atoms with Gasteiger partial charge in [-0.1, -0.05) is 6.07 Å². The van der Waals surface area contributed by atoms with Gasteiger partial charge in [0.05, 0.1) is 12.7 Å². The molecule has 0 amide bonds. The maximum Gasteiger partial charge on any atom is 0.338 e. The van der Waals surface area contributed by atoms with Crippen LogP contribution in [0.5, 0.6) is 5.88 Å². The molecule has 0 fully saturated rings. The lowest BCUT2D eigenvalue weighted by Crippen LogP contribution is -2.11. The van der Waals surface area contributed by atoms with Crippen LogP contribution in [0, 0.1) is 6.92 Å². The molecule has 1 aromatic heterocycles. The van der Waals surface area contributed by atoms with E-state index in [-0.39, 0.29) is 18.3 Å². The van der Waals surface area contributed by atoms with Gasteiger partial charge in [0, 0.05) is 6.54 Å². The van der Waals surface area contributed by atoms with Gasteiger partial charge in [-0.15, -0.1) is 12.4 Å². The molecule has 0 spiro atoms. The Morgan fingerprint density at radius 3 is 2.84 bits per heavy atom. The van der Waals surface area contributed by atoms with Gasteiger partial charge in [-0.05, 0) is 23.7 Å². The molecule has 104 valence electrons.